The number of rotatable bonds is 6. The lowest BCUT2D eigenvalue weighted by molar-refractivity contribution is 0.660. The van der Waals surface area contributed by atoms with E-state index >= 15 is 0 Å². The lowest BCUT2D eigenvalue weighted by atomic mass is 9.81. The molecule has 2 aromatic heterocycles. The van der Waals surface area contributed by atoms with E-state index in [2.05, 4.69) is 206 Å². The van der Waals surface area contributed by atoms with E-state index in [0.717, 1.165) is 44.9 Å². The van der Waals surface area contributed by atoms with Gasteiger partial charge in [0.15, 0.2) is 5.82 Å². The molecule has 0 saturated heterocycles. The molecule has 1 aliphatic rings. The number of benzene rings is 8. The molecule has 8 aromatic carbocycles. The van der Waals surface area contributed by atoms with Gasteiger partial charge in [-0.15, -0.1) is 0 Å². The van der Waals surface area contributed by atoms with Gasteiger partial charge in [-0.05, 0) is 99.1 Å². The van der Waals surface area contributed by atoms with Crippen molar-refractivity contribution in [2.75, 3.05) is 0 Å². The van der Waals surface area contributed by atoms with Crippen molar-refractivity contribution in [3.8, 4) is 73.0 Å². The molecule has 274 valence electrons. The Labute approximate surface area is 338 Å². The first-order valence-electron chi connectivity index (χ1n) is 20.0. The third-order valence-electron chi connectivity index (χ3n) is 12.0. The van der Waals surface area contributed by atoms with Crippen molar-refractivity contribution in [3.05, 3.63) is 211 Å². The fourth-order valence-electron chi connectivity index (χ4n) is 9.05. The summed E-state index contributed by atoms with van der Waals surface area (Å²) in [7, 11) is 0. The molecule has 0 fully saturated rings. The number of fused-ring (bicyclic) bond motifs is 6. The Morgan fingerprint density at radius 1 is 0.362 bits per heavy atom. The zero-order valence-corrected chi connectivity index (χ0v) is 32.4. The van der Waals surface area contributed by atoms with Gasteiger partial charge in [0.05, 0.1) is 22.4 Å². The summed E-state index contributed by atoms with van der Waals surface area (Å²) in [5, 5.41) is 2.44. The molecule has 58 heavy (non-hydrogen) atoms. The third kappa shape index (κ3) is 5.58. The summed E-state index contributed by atoms with van der Waals surface area (Å²) < 4.78 is 2.39. The molecule has 0 atom stereocenters. The molecule has 0 aliphatic heterocycles. The fraction of sp³-hybridized carbons (Fsp3) is 0.0545. The topological polar surface area (TPSA) is 30.7 Å². The number of nitrogens with zero attached hydrogens (tertiary/aromatic N) is 3. The summed E-state index contributed by atoms with van der Waals surface area (Å²) in [6, 6.07) is 71.9. The molecule has 11 rings (SSSR count). The van der Waals surface area contributed by atoms with Gasteiger partial charge in [-0.1, -0.05) is 159 Å². The van der Waals surface area contributed by atoms with Crippen molar-refractivity contribution < 1.29 is 0 Å². The second kappa shape index (κ2) is 13.4. The standard InChI is InChI=1S/C55H39N3/c1-55(2)48-24-13-12-23-44(48)45-28-25-41(34-49(45)55)40-27-30-53-47(33-40)46-32-39(26-29-52(46)58(53)43-21-10-5-11-22-43)38-19-14-20-42(31-38)54-56-50(36-15-6-3-7-16-36)35-51(57-54)37-17-8-4-9-18-37/h3-35H,1-2H3. The molecule has 10 aromatic rings. The van der Waals surface area contributed by atoms with Crippen molar-refractivity contribution in [3.63, 3.8) is 0 Å². The van der Waals surface area contributed by atoms with Crippen LogP contribution in [0.3, 0.4) is 0 Å². The first-order valence-corrected chi connectivity index (χ1v) is 20.0. The highest BCUT2D eigenvalue weighted by atomic mass is 15.0. The van der Waals surface area contributed by atoms with Crippen LogP contribution in [0.5, 0.6) is 0 Å². The quantitative estimate of drug-likeness (QED) is 0.170. The maximum Gasteiger partial charge on any atom is 0.160 e. The lowest BCUT2D eigenvalue weighted by Gasteiger charge is -2.22. The average Bonchev–Trinajstić information content (AvgIpc) is 3.74. The molecule has 3 nitrogen and oxygen atoms in total. The van der Waals surface area contributed by atoms with Crippen molar-refractivity contribution in [2.24, 2.45) is 0 Å². The second-order valence-corrected chi connectivity index (χ2v) is 15.8. The Morgan fingerprint density at radius 2 is 0.845 bits per heavy atom. The zero-order chi connectivity index (χ0) is 38.8. The van der Waals surface area contributed by atoms with Crippen molar-refractivity contribution in [1.29, 1.82) is 0 Å². The summed E-state index contributed by atoms with van der Waals surface area (Å²) in [6.07, 6.45) is 0. The van der Waals surface area contributed by atoms with Gasteiger partial charge in [-0.3, -0.25) is 0 Å². The first kappa shape index (κ1) is 33.9. The van der Waals surface area contributed by atoms with Crippen LogP contribution in [0.2, 0.25) is 0 Å². The molecule has 0 spiro atoms. The molecular formula is C55H39N3. The van der Waals surface area contributed by atoms with E-state index in [1.807, 2.05) is 12.1 Å². The van der Waals surface area contributed by atoms with Crippen molar-refractivity contribution in [2.45, 2.75) is 19.3 Å². The van der Waals surface area contributed by atoms with Gasteiger partial charge in [0.1, 0.15) is 0 Å². The Hall–Kier alpha value is -7.36. The van der Waals surface area contributed by atoms with Gasteiger partial charge in [-0.2, -0.15) is 0 Å². The number of para-hydroxylation sites is 1. The summed E-state index contributed by atoms with van der Waals surface area (Å²) in [6.45, 7) is 4.70. The van der Waals surface area contributed by atoms with Crippen LogP contribution in [-0.4, -0.2) is 14.5 Å². The Bertz CT molecular complexity index is 3120. The monoisotopic (exact) mass is 741 g/mol. The summed E-state index contributed by atoms with van der Waals surface area (Å²) in [4.78, 5) is 10.3. The lowest BCUT2D eigenvalue weighted by Crippen LogP contribution is -2.14. The Balaban J connectivity index is 1.05. The van der Waals surface area contributed by atoms with Crippen LogP contribution in [0.15, 0.2) is 200 Å². The minimum atomic E-state index is -0.0597. The molecule has 3 heteroatoms. The Morgan fingerprint density at radius 3 is 1.48 bits per heavy atom. The van der Waals surface area contributed by atoms with Gasteiger partial charge in [0.25, 0.3) is 0 Å². The molecule has 1 aliphatic carbocycles. The highest BCUT2D eigenvalue weighted by molar-refractivity contribution is 6.11. The van der Waals surface area contributed by atoms with Crippen LogP contribution >= 0.6 is 0 Å². The zero-order valence-electron chi connectivity index (χ0n) is 32.4. The Kier molecular flexibility index (Phi) is 7.84. The molecule has 0 saturated carbocycles. The molecule has 0 radical (unpaired) electrons. The summed E-state index contributed by atoms with van der Waals surface area (Å²) in [5.41, 5.74) is 18.5. The number of aromatic nitrogens is 3. The van der Waals surface area contributed by atoms with Crippen LogP contribution in [-0.2, 0) is 5.41 Å². The largest absolute Gasteiger partial charge is 0.309 e. The molecular weight excluding hydrogens is 703 g/mol. The highest BCUT2D eigenvalue weighted by Gasteiger charge is 2.35. The van der Waals surface area contributed by atoms with Crippen molar-refractivity contribution in [1.82, 2.24) is 14.5 Å². The number of hydrogen-bond donors (Lipinski definition) is 0. The van der Waals surface area contributed by atoms with Crippen molar-refractivity contribution >= 4 is 21.8 Å². The molecule has 2 heterocycles. The highest BCUT2D eigenvalue weighted by Crippen LogP contribution is 2.50. The second-order valence-electron chi connectivity index (χ2n) is 15.8. The molecule has 0 unspecified atom stereocenters. The molecule has 0 bridgehead atoms. The van der Waals surface area contributed by atoms with E-state index in [0.29, 0.717) is 5.82 Å². The number of hydrogen-bond acceptors (Lipinski definition) is 2. The van der Waals surface area contributed by atoms with Crippen LogP contribution in [0.25, 0.3) is 94.8 Å². The van der Waals surface area contributed by atoms with E-state index in [9.17, 15) is 0 Å². The van der Waals surface area contributed by atoms with E-state index in [1.54, 1.807) is 0 Å². The van der Waals surface area contributed by atoms with Crippen LogP contribution in [0, 0.1) is 0 Å². The van der Waals surface area contributed by atoms with E-state index < -0.39 is 0 Å². The van der Waals surface area contributed by atoms with E-state index in [4.69, 9.17) is 9.97 Å². The minimum absolute atomic E-state index is 0.0597. The maximum atomic E-state index is 5.13. The van der Waals surface area contributed by atoms with Gasteiger partial charge in [-0.25, -0.2) is 9.97 Å². The predicted molar refractivity (Wildman–Crippen MR) is 241 cm³/mol. The summed E-state index contributed by atoms with van der Waals surface area (Å²) >= 11 is 0. The van der Waals surface area contributed by atoms with Crippen LogP contribution in [0.4, 0.5) is 0 Å². The molecule has 0 amide bonds. The van der Waals surface area contributed by atoms with E-state index in [1.165, 1.54) is 55.2 Å². The SMILES string of the molecule is CC1(C)c2ccccc2-c2ccc(-c3ccc4c(c3)c3cc(-c5cccc(-c6nc(-c7ccccc7)cc(-c7ccccc7)n6)c5)ccc3n4-c3ccccc3)cc21. The predicted octanol–water partition coefficient (Wildman–Crippen LogP) is 14.2. The van der Waals surface area contributed by atoms with Gasteiger partial charge in [0.2, 0.25) is 0 Å². The van der Waals surface area contributed by atoms with Crippen LogP contribution in [0.1, 0.15) is 25.0 Å². The van der Waals surface area contributed by atoms with Gasteiger partial charge in [0, 0.05) is 38.6 Å². The molecule has 0 N–H and O–H groups in total. The van der Waals surface area contributed by atoms with Gasteiger partial charge >= 0.3 is 0 Å². The maximum absolute atomic E-state index is 5.13. The minimum Gasteiger partial charge on any atom is -0.309 e. The van der Waals surface area contributed by atoms with Gasteiger partial charge < -0.3 is 4.57 Å². The van der Waals surface area contributed by atoms with Crippen LogP contribution < -0.4 is 0 Å². The first-order chi connectivity index (χ1) is 28.5. The summed E-state index contributed by atoms with van der Waals surface area (Å²) in [5.74, 6) is 0.703. The van der Waals surface area contributed by atoms with E-state index in [-0.39, 0.29) is 5.41 Å². The smallest absolute Gasteiger partial charge is 0.160 e. The normalized spacial score (nSPS) is 12.8. The third-order valence-corrected chi connectivity index (χ3v) is 12.0. The average molecular weight is 742 g/mol. The fourth-order valence-corrected chi connectivity index (χ4v) is 9.05.